The molecule has 0 aromatic carbocycles. The van der Waals surface area contributed by atoms with E-state index >= 15 is 0 Å². The molecule has 1 aromatic heterocycles. The van der Waals surface area contributed by atoms with Gasteiger partial charge in [0.05, 0.1) is 6.61 Å². The molecule has 0 saturated heterocycles. The molecule has 102 valence electrons. The van der Waals surface area contributed by atoms with Crippen molar-refractivity contribution in [3.8, 4) is 0 Å². The summed E-state index contributed by atoms with van der Waals surface area (Å²) in [5.41, 5.74) is 1.12. The van der Waals surface area contributed by atoms with Crippen LogP contribution < -0.4 is 0 Å². The normalized spacial score (nSPS) is 13.9. The van der Waals surface area contributed by atoms with Gasteiger partial charge in [-0.1, -0.05) is 0 Å². The molecule has 0 aliphatic heterocycles. The molecule has 0 aliphatic carbocycles. The van der Waals surface area contributed by atoms with Crippen LogP contribution in [0.1, 0.15) is 17.2 Å². The number of hydrogen-bond donors (Lipinski definition) is 1. The predicted octanol–water partition coefficient (Wildman–Crippen LogP) is 2.34. The summed E-state index contributed by atoms with van der Waals surface area (Å²) in [5.74, 6) is -4.20. The highest BCUT2D eigenvalue weighted by molar-refractivity contribution is 5.23. The molecule has 0 saturated carbocycles. The van der Waals surface area contributed by atoms with Crippen LogP contribution in [0.3, 0.4) is 0 Å². The molecule has 0 bridgehead atoms. The summed E-state index contributed by atoms with van der Waals surface area (Å²) in [6.07, 6.45) is -2.08. The lowest BCUT2D eigenvalue weighted by Gasteiger charge is -2.17. The molecule has 1 unspecified atom stereocenters. The van der Waals surface area contributed by atoms with Gasteiger partial charge in [0.1, 0.15) is 12.7 Å². The van der Waals surface area contributed by atoms with Crippen LogP contribution in [0.15, 0.2) is 18.5 Å². The average molecular weight is 267 g/mol. The Bertz CT molecular complexity index is 387. The number of ether oxygens (including phenoxy) is 1. The maximum absolute atomic E-state index is 12.5. The fourth-order valence-electron chi connectivity index (χ4n) is 1.28. The Morgan fingerprint density at radius 1 is 1.44 bits per heavy atom. The molecule has 1 heterocycles. The minimum Gasteiger partial charge on any atom is -0.386 e. The Hall–Kier alpha value is -1.21. The first-order chi connectivity index (χ1) is 8.34. The fourth-order valence-corrected chi connectivity index (χ4v) is 1.28. The number of aliphatic hydroxyl groups excluding tert-OH is 1. The third-order valence-electron chi connectivity index (χ3n) is 2.33. The van der Waals surface area contributed by atoms with E-state index in [1.165, 1.54) is 12.4 Å². The quantitative estimate of drug-likeness (QED) is 0.804. The van der Waals surface area contributed by atoms with E-state index in [4.69, 9.17) is 0 Å². The van der Waals surface area contributed by atoms with E-state index in [9.17, 15) is 22.7 Å². The summed E-state index contributed by atoms with van der Waals surface area (Å²) in [6.45, 7) is -0.218. The molecule has 18 heavy (non-hydrogen) atoms. The van der Waals surface area contributed by atoms with E-state index in [0.717, 1.165) is 0 Å². The standard InChI is InChI=1S/C11H13F4NO2/c1-7-2-3-16-4-8(7)9(17)5-18-6-11(14,15)10(12)13/h2-4,9-10,17H,5-6H2,1H3. The second kappa shape index (κ2) is 6.10. The number of nitrogens with zero attached hydrogens (tertiary/aromatic N) is 1. The lowest BCUT2D eigenvalue weighted by atomic mass is 10.1. The highest BCUT2D eigenvalue weighted by Gasteiger charge is 2.41. The first-order valence-corrected chi connectivity index (χ1v) is 5.17. The molecule has 7 heteroatoms. The monoisotopic (exact) mass is 267 g/mol. The highest BCUT2D eigenvalue weighted by atomic mass is 19.3. The van der Waals surface area contributed by atoms with Gasteiger partial charge >= 0.3 is 12.3 Å². The van der Waals surface area contributed by atoms with Crippen molar-refractivity contribution in [2.75, 3.05) is 13.2 Å². The zero-order valence-electron chi connectivity index (χ0n) is 9.62. The summed E-state index contributed by atoms with van der Waals surface area (Å²) >= 11 is 0. The second-order valence-electron chi connectivity index (χ2n) is 3.82. The number of aliphatic hydroxyl groups is 1. The molecule has 1 atom stereocenters. The molecule has 0 radical (unpaired) electrons. The van der Waals surface area contributed by atoms with Gasteiger partial charge in [0.15, 0.2) is 0 Å². The lowest BCUT2D eigenvalue weighted by Crippen LogP contribution is -2.33. The number of aryl methyl sites for hydroxylation is 1. The second-order valence-corrected chi connectivity index (χ2v) is 3.82. The number of aromatic nitrogens is 1. The molecule has 1 rings (SSSR count). The van der Waals surface area contributed by atoms with Gasteiger partial charge in [-0.25, -0.2) is 8.78 Å². The van der Waals surface area contributed by atoms with Gasteiger partial charge in [-0.3, -0.25) is 4.98 Å². The molecule has 0 spiro atoms. The smallest absolute Gasteiger partial charge is 0.330 e. The van der Waals surface area contributed by atoms with Gasteiger partial charge in [-0.15, -0.1) is 0 Å². The maximum atomic E-state index is 12.5. The van der Waals surface area contributed by atoms with Crippen LogP contribution in [0.2, 0.25) is 0 Å². The van der Waals surface area contributed by atoms with E-state index in [1.54, 1.807) is 13.0 Å². The van der Waals surface area contributed by atoms with Gasteiger partial charge in [-0.05, 0) is 18.6 Å². The topological polar surface area (TPSA) is 42.4 Å². The molecule has 0 aliphatic rings. The predicted molar refractivity (Wildman–Crippen MR) is 55.7 cm³/mol. The van der Waals surface area contributed by atoms with Crippen molar-refractivity contribution in [3.63, 3.8) is 0 Å². The Kier molecular flexibility index (Phi) is 5.03. The van der Waals surface area contributed by atoms with E-state index in [2.05, 4.69) is 9.72 Å². The van der Waals surface area contributed by atoms with Gasteiger partial charge < -0.3 is 9.84 Å². The highest BCUT2D eigenvalue weighted by Crippen LogP contribution is 2.24. The largest absolute Gasteiger partial charge is 0.386 e. The van der Waals surface area contributed by atoms with Crippen molar-refractivity contribution in [1.29, 1.82) is 0 Å². The summed E-state index contributed by atoms with van der Waals surface area (Å²) in [6, 6.07) is 1.63. The molecule has 1 N–H and O–H groups in total. The molecular formula is C11H13F4NO2. The van der Waals surface area contributed by atoms with Crippen LogP contribution in [0, 0.1) is 6.92 Å². The summed E-state index contributed by atoms with van der Waals surface area (Å²) in [7, 11) is 0. The van der Waals surface area contributed by atoms with E-state index in [0.29, 0.717) is 11.1 Å². The Morgan fingerprint density at radius 3 is 2.67 bits per heavy atom. The van der Waals surface area contributed by atoms with Crippen molar-refractivity contribution in [2.45, 2.75) is 25.4 Å². The number of halogens is 4. The number of hydrogen-bond acceptors (Lipinski definition) is 3. The summed E-state index contributed by atoms with van der Waals surface area (Å²) < 4.78 is 53.1. The van der Waals surface area contributed by atoms with Crippen molar-refractivity contribution in [2.24, 2.45) is 0 Å². The van der Waals surface area contributed by atoms with Crippen LogP contribution >= 0.6 is 0 Å². The van der Waals surface area contributed by atoms with Crippen LogP contribution in [0.5, 0.6) is 0 Å². The Labute approximate surface area is 101 Å². The summed E-state index contributed by atoms with van der Waals surface area (Å²) in [4.78, 5) is 3.77. The number of pyridine rings is 1. The number of alkyl halides is 4. The summed E-state index contributed by atoms with van der Waals surface area (Å²) in [5, 5.41) is 9.64. The van der Waals surface area contributed by atoms with E-state index in [1.807, 2.05) is 0 Å². The Morgan fingerprint density at radius 2 is 2.11 bits per heavy atom. The van der Waals surface area contributed by atoms with Gasteiger partial charge in [-0.2, -0.15) is 8.78 Å². The van der Waals surface area contributed by atoms with Crippen LogP contribution in [0.25, 0.3) is 0 Å². The van der Waals surface area contributed by atoms with Crippen molar-refractivity contribution < 1.29 is 27.4 Å². The van der Waals surface area contributed by atoms with Crippen LogP contribution in [-0.4, -0.2) is 35.7 Å². The first kappa shape index (κ1) is 14.8. The van der Waals surface area contributed by atoms with Gasteiger partial charge in [0.2, 0.25) is 0 Å². The zero-order chi connectivity index (χ0) is 13.8. The fraction of sp³-hybridized carbons (Fsp3) is 0.545. The lowest BCUT2D eigenvalue weighted by molar-refractivity contribution is -0.170. The molecule has 0 amide bonds. The molecular weight excluding hydrogens is 254 g/mol. The van der Waals surface area contributed by atoms with Gasteiger partial charge in [0.25, 0.3) is 0 Å². The first-order valence-electron chi connectivity index (χ1n) is 5.17. The SMILES string of the molecule is Cc1ccncc1C(O)COCC(F)(F)C(F)F. The van der Waals surface area contributed by atoms with Crippen LogP contribution in [0.4, 0.5) is 17.6 Å². The maximum Gasteiger partial charge on any atom is 0.330 e. The molecule has 0 fully saturated rings. The number of rotatable bonds is 6. The minimum absolute atomic E-state index is 0.415. The van der Waals surface area contributed by atoms with Crippen molar-refractivity contribution in [3.05, 3.63) is 29.6 Å². The Balaban J connectivity index is 2.48. The molecule has 1 aromatic rings. The van der Waals surface area contributed by atoms with Crippen LogP contribution in [-0.2, 0) is 4.74 Å². The minimum atomic E-state index is -4.20. The van der Waals surface area contributed by atoms with Gasteiger partial charge in [0, 0.05) is 18.0 Å². The van der Waals surface area contributed by atoms with E-state index < -0.39 is 31.7 Å². The molecule has 3 nitrogen and oxygen atoms in total. The average Bonchev–Trinajstić information content (AvgIpc) is 2.29. The third kappa shape index (κ3) is 3.92. The van der Waals surface area contributed by atoms with Crippen molar-refractivity contribution >= 4 is 0 Å². The van der Waals surface area contributed by atoms with E-state index in [-0.39, 0.29) is 0 Å². The zero-order valence-corrected chi connectivity index (χ0v) is 9.62. The van der Waals surface area contributed by atoms with Crippen molar-refractivity contribution in [1.82, 2.24) is 4.98 Å². The third-order valence-corrected chi connectivity index (χ3v) is 2.33.